The first-order valence-corrected chi connectivity index (χ1v) is 9.38. The Morgan fingerprint density at radius 1 is 0.871 bits per heavy atom. The molecule has 3 aromatic rings. The van der Waals surface area contributed by atoms with E-state index in [4.69, 9.17) is 4.74 Å². The summed E-state index contributed by atoms with van der Waals surface area (Å²) < 4.78 is 45.3. The molecule has 2 N–H and O–H groups in total. The molecule has 3 rings (SSSR count). The van der Waals surface area contributed by atoms with E-state index in [0.717, 1.165) is 17.2 Å². The average molecular weight is 428 g/mol. The summed E-state index contributed by atoms with van der Waals surface area (Å²) in [5.74, 6) is -5.49. The summed E-state index contributed by atoms with van der Waals surface area (Å²) in [6.07, 6.45) is -0.907. The van der Waals surface area contributed by atoms with Gasteiger partial charge in [0.25, 0.3) is 5.91 Å². The Morgan fingerprint density at radius 3 is 2.19 bits per heavy atom. The maximum atomic E-state index is 13.6. The topological polar surface area (TPSA) is 67.4 Å². The van der Waals surface area contributed by atoms with Crippen molar-refractivity contribution in [2.75, 3.05) is 11.9 Å². The number of benzene rings is 3. The van der Waals surface area contributed by atoms with Crippen molar-refractivity contribution in [3.8, 4) is 16.9 Å². The molecule has 0 bridgehead atoms. The lowest BCUT2D eigenvalue weighted by Crippen LogP contribution is -2.40. The SMILES string of the molecule is CC(Oc1ccc(-c2ccccc2)cc1)C(=O)NCC(=O)Nc1ccc(F)c(F)c1F. The normalized spacial score (nSPS) is 11.5. The molecule has 2 amide bonds. The lowest BCUT2D eigenvalue weighted by Gasteiger charge is -2.15. The number of halogens is 3. The first-order valence-electron chi connectivity index (χ1n) is 9.38. The maximum absolute atomic E-state index is 13.6. The van der Waals surface area contributed by atoms with Gasteiger partial charge in [0.1, 0.15) is 5.75 Å². The third-order valence-electron chi connectivity index (χ3n) is 4.38. The van der Waals surface area contributed by atoms with Crippen LogP contribution in [0.2, 0.25) is 0 Å². The molecule has 0 aliphatic heterocycles. The van der Waals surface area contributed by atoms with Crippen molar-refractivity contribution in [3.05, 3.63) is 84.2 Å². The molecular weight excluding hydrogens is 409 g/mol. The molecule has 160 valence electrons. The van der Waals surface area contributed by atoms with Crippen molar-refractivity contribution in [2.24, 2.45) is 0 Å². The smallest absolute Gasteiger partial charge is 0.261 e. The first-order chi connectivity index (χ1) is 14.8. The van der Waals surface area contributed by atoms with Crippen molar-refractivity contribution < 1.29 is 27.5 Å². The van der Waals surface area contributed by atoms with Gasteiger partial charge in [-0.3, -0.25) is 9.59 Å². The zero-order chi connectivity index (χ0) is 22.4. The molecule has 0 fully saturated rings. The minimum Gasteiger partial charge on any atom is -0.481 e. The van der Waals surface area contributed by atoms with Crippen LogP contribution >= 0.6 is 0 Å². The monoisotopic (exact) mass is 428 g/mol. The van der Waals surface area contributed by atoms with Crippen molar-refractivity contribution in [2.45, 2.75) is 13.0 Å². The number of rotatable bonds is 7. The van der Waals surface area contributed by atoms with Crippen LogP contribution in [0.3, 0.4) is 0 Å². The molecule has 3 aromatic carbocycles. The fourth-order valence-electron chi connectivity index (χ4n) is 2.74. The van der Waals surface area contributed by atoms with Gasteiger partial charge in [0.15, 0.2) is 23.6 Å². The lowest BCUT2D eigenvalue weighted by molar-refractivity contribution is -0.129. The van der Waals surface area contributed by atoms with Gasteiger partial charge >= 0.3 is 0 Å². The highest BCUT2D eigenvalue weighted by Crippen LogP contribution is 2.23. The molecule has 1 unspecified atom stereocenters. The van der Waals surface area contributed by atoms with E-state index in [-0.39, 0.29) is 0 Å². The Hall–Kier alpha value is -3.81. The van der Waals surface area contributed by atoms with Crippen molar-refractivity contribution >= 4 is 17.5 Å². The van der Waals surface area contributed by atoms with Gasteiger partial charge in [0, 0.05) is 0 Å². The second-order valence-electron chi connectivity index (χ2n) is 6.64. The number of hydrogen-bond donors (Lipinski definition) is 2. The molecule has 0 heterocycles. The van der Waals surface area contributed by atoms with E-state index in [0.29, 0.717) is 11.8 Å². The van der Waals surface area contributed by atoms with E-state index >= 15 is 0 Å². The van der Waals surface area contributed by atoms with Crippen LogP contribution in [0.5, 0.6) is 5.75 Å². The van der Waals surface area contributed by atoms with Crippen LogP contribution in [0, 0.1) is 17.5 Å². The summed E-state index contributed by atoms with van der Waals surface area (Å²) in [5, 5.41) is 4.41. The zero-order valence-corrected chi connectivity index (χ0v) is 16.5. The first kappa shape index (κ1) is 21.9. The second kappa shape index (κ2) is 9.80. The molecule has 0 aliphatic rings. The lowest BCUT2D eigenvalue weighted by atomic mass is 10.1. The maximum Gasteiger partial charge on any atom is 0.261 e. The minimum absolute atomic E-state index is 0.468. The summed E-state index contributed by atoms with van der Waals surface area (Å²) >= 11 is 0. The molecule has 0 aliphatic carbocycles. The summed E-state index contributed by atoms with van der Waals surface area (Å²) in [4.78, 5) is 24.0. The number of amides is 2. The van der Waals surface area contributed by atoms with Gasteiger partial charge in [0.05, 0.1) is 12.2 Å². The predicted octanol–water partition coefficient (Wildman–Crippen LogP) is 4.29. The van der Waals surface area contributed by atoms with Gasteiger partial charge < -0.3 is 15.4 Å². The van der Waals surface area contributed by atoms with Crippen LogP contribution in [-0.4, -0.2) is 24.5 Å². The van der Waals surface area contributed by atoms with Crippen LogP contribution in [-0.2, 0) is 9.59 Å². The second-order valence-corrected chi connectivity index (χ2v) is 6.64. The Morgan fingerprint density at radius 2 is 1.52 bits per heavy atom. The fourth-order valence-corrected chi connectivity index (χ4v) is 2.74. The quantitative estimate of drug-likeness (QED) is 0.552. The van der Waals surface area contributed by atoms with E-state index in [1.807, 2.05) is 42.5 Å². The van der Waals surface area contributed by atoms with Crippen LogP contribution in [0.4, 0.5) is 18.9 Å². The summed E-state index contributed by atoms with van der Waals surface area (Å²) in [5.41, 5.74) is 1.51. The van der Waals surface area contributed by atoms with Crippen LogP contribution in [0.15, 0.2) is 66.7 Å². The van der Waals surface area contributed by atoms with E-state index in [1.54, 1.807) is 12.1 Å². The molecule has 5 nitrogen and oxygen atoms in total. The third-order valence-corrected chi connectivity index (χ3v) is 4.38. The highest BCUT2D eigenvalue weighted by molar-refractivity contribution is 5.95. The number of carbonyl (C=O) groups is 2. The molecule has 0 aromatic heterocycles. The Balaban J connectivity index is 1.50. The molecule has 31 heavy (non-hydrogen) atoms. The van der Waals surface area contributed by atoms with Gasteiger partial charge in [-0.05, 0) is 42.3 Å². The van der Waals surface area contributed by atoms with Gasteiger partial charge in [-0.2, -0.15) is 0 Å². The Labute approximate surface area is 176 Å². The summed E-state index contributed by atoms with van der Waals surface area (Å²) in [6.45, 7) is 1.01. The number of nitrogens with one attached hydrogen (secondary N) is 2. The molecule has 1 atom stereocenters. The van der Waals surface area contributed by atoms with Crippen molar-refractivity contribution in [3.63, 3.8) is 0 Å². The van der Waals surface area contributed by atoms with E-state index in [2.05, 4.69) is 10.6 Å². The predicted molar refractivity (Wildman–Crippen MR) is 110 cm³/mol. The van der Waals surface area contributed by atoms with Gasteiger partial charge in [-0.15, -0.1) is 0 Å². The van der Waals surface area contributed by atoms with Crippen LogP contribution in [0.25, 0.3) is 11.1 Å². The highest BCUT2D eigenvalue weighted by atomic mass is 19.2. The van der Waals surface area contributed by atoms with Gasteiger partial charge in [0.2, 0.25) is 5.91 Å². The minimum atomic E-state index is -1.69. The van der Waals surface area contributed by atoms with Crippen LogP contribution < -0.4 is 15.4 Å². The molecule has 0 saturated heterocycles. The number of carbonyl (C=O) groups excluding carboxylic acids is 2. The summed E-state index contributed by atoms with van der Waals surface area (Å²) in [6, 6.07) is 18.5. The zero-order valence-electron chi connectivity index (χ0n) is 16.5. The fraction of sp³-hybridized carbons (Fsp3) is 0.130. The van der Waals surface area contributed by atoms with Crippen LogP contribution in [0.1, 0.15) is 6.92 Å². The molecule has 0 spiro atoms. The van der Waals surface area contributed by atoms with Gasteiger partial charge in [-0.25, -0.2) is 13.2 Å². The summed E-state index contributed by atoms with van der Waals surface area (Å²) in [7, 11) is 0. The number of ether oxygens (including phenoxy) is 1. The van der Waals surface area contributed by atoms with E-state index < -0.39 is 47.6 Å². The average Bonchev–Trinajstić information content (AvgIpc) is 2.79. The number of anilines is 1. The van der Waals surface area contributed by atoms with Gasteiger partial charge in [-0.1, -0.05) is 42.5 Å². The third kappa shape index (κ3) is 5.63. The standard InChI is InChI=1S/C23H19F3N2O3/c1-14(31-17-9-7-16(8-10-17)15-5-3-2-4-6-15)23(30)27-13-20(29)28-19-12-11-18(24)21(25)22(19)26/h2-12,14H,13H2,1H3,(H,27,30)(H,28,29). The Kier molecular flexibility index (Phi) is 6.92. The van der Waals surface area contributed by atoms with E-state index in [1.165, 1.54) is 6.92 Å². The number of hydrogen-bond acceptors (Lipinski definition) is 3. The Bertz CT molecular complexity index is 1070. The largest absolute Gasteiger partial charge is 0.481 e. The van der Waals surface area contributed by atoms with Crippen molar-refractivity contribution in [1.29, 1.82) is 0 Å². The van der Waals surface area contributed by atoms with Crippen molar-refractivity contribution in [1.82, 2.24) is 5.32 Å². The molecule has 0 saturated carbocycles. The highest BCUT2D eigenvalue weighted by Gasteiger charge is 2.18. The van der Waals surface area contributed by atoms with E-state index in [9.17, 15) is 22.8 Å². The molecule has 0 radical (unpaired) electrons. The molecular formula is C23H19F3N2O3. The molecule has 8 heteroatoms.